The molecule has 0 aromatic heterocycles. The number of hydrogen-bond donors (Lipinski definition) is 2. The first-order valence-electron chi connectivity index (χ1n) is 6.46. The molecule has 1 rings (SSSR count). The van der Waals surface area contributed by atoms with E-state index in [2.05, 4.69) is 10.0 Å². The van der Waals surface area contributed by atoms with Crippen LogP contribution in [0.25, 0.3) is 0 Å². The third-order valence-electron chi connectivity index (χ3n) is 2.50. The summed E-state index contributed by atoms with van der Waals surface area (Å²) in [6.45, 7) is 4.88. The molecule has 0 radical (unpaired) electrons. The van der Waals surface area contributed by atoms with Crippen LogP contribution in [0.15, 0.2) is 20.5 Å². The first-order chi connectivity index (χ1) is 10.3. The van der Waals surface area contributed by atoms with Crippen LogP contribution in [0.1, 0.15) is 20.8 Å². The molecule has 0 spiro atoms. The number of rotatable bonds is 6. The molecule has 0 fully saturated rings. The fourth-order valence-electron chi connectivity index (χ4n) is 1.55. The molecular formula is C12H18N2O6S2. The van der Waals surface area contributed by atoms with Gasteiger partial charge in [0.15, 0.2) is 5.57 Å². The highest BCUT2D eigenvalue weighted by Crippen LogP contribution is 2.38. The average Bonchev–Trinajstić information content (AvgIpc) is 2.82. The van der Waals surface area contributed by atoms with Gasteiger partial charge >= 0.3 is 11.9 Å². The third kappa shape index (κ3) is 4.02. The maximum absolute atomic E-state index is 12.0. The predicted octanol–water partition coefficient (Wildman–Crippen LogP) is 0.399. The van der Waals surface area contributed by atoms with Crippen LogP contribution in [-0.4, -0.2) is 40.6 Å². The number of thioether (sulfide) groups is 1. The lowest BCUT2D eigenvalue weighted by atomic mass is 10.3. The van der Waals surface area contributed by atoms with Crippen LogP contribution >= 0.6 is 11.8 Å². The topological polar surface area (TPSA) is 111 Å². The number of nitrogens with one attached hydrogen (secondary N) is 2. The molecule has 0 atom stereocenters. The van der Waals surface area contributed by atoms with E-state index in [1.807, 2.05) is 0 Å². The van der Waals surface area contributed by atoms with Crippen molar-refractivity contribution in [3.8, 4) is 0 Å². The highest BCUT2D eigenvalue weighted by molar-refractivity contribution is 8.20. The van der Waals surface area contributed by atoms with Crippen molar-refractivity contribution in [2.45, 2.75) is 20.8 Å². The Balaban J connectivity index is 3.24. The Labute approximate surface area is 133 Å². The van der Waals surface area contributed by atoms with E-state index >= 15 is 0 Å². The van der Waals surface area contributed by atoms with Gasteiger partial charge in [0, 0.05) is 5.70 Å². The molecule has 0 unspecified atom stereocenters. The number of carbonyl (C=O) groups excluding carboxylic acids is 2. The van der Waals surface area contributed by atoms with Crippen molar-refractivity contribution in [1.82, 2.24) is 10.0 Å². The molecule has 1 heterocycles. The molecular weight excluding hydrogens is 332 g/mol. The Kier molecular flexibility index (Phi) is 6.45. The molecule has 1 aliphatic rings. The van der Waals surface area contributed by atoms with Gasteiger partial charge in [-0.05, 0) is 27.8 Å². The van der Waals surface area contributed by atoms with Crippen LogP contribution in [0.2, 0.25) is 0 Å². The van der Waals surface area contributed by atoms with E-state index in [0.717, 1.165) is 11.8 Å². The minimum atomic E-state index is -3.70. The van der Waals surface area contributed by atoms with E-state index < -0.39 is 22.0 Å². The summed E-state index contributed by atoms with van der Waals surface area (Å²) in [7, 11) is -2.42. The minimum absolute atomic E-state index is 0.0175. The van der Waals surface area contributed by atoms with Crippen molar-refractivity contribution in [2.75, 3.05) is 20.3 Å². The van der Waals surface area contributed by atoms with E-state index in [0.29, 0.717) is 5.70 Å². The molecule has 8 nitrogen and oxygen atoms in total. The second-order valence-corrected chi connectivity index (χ2v) is 7.09. The molecule has 10 heteroatoms. The number of carbonyl (C=O) groups is 2. The zero-order valence-electron chi connectivity index (χ0n) is 12.7. The highest BCUT2D eigenvalue weighted by Gasteiger charge is 2.34. The van der Waals surface area contributed by atoms with Crippen molar-refractivity contribution in [3.63, 3.8) is 0 Å². The smallest absolute Gasteiger partial charge is 0.348 e. The Bertz CT molecular complexity index is 616. The lowest BCUT2D eigenvalue weighted by molar-refractivity contribution is -0.146. The Morgan fingerprint density at radius 3 is 2.09 bits per heavy atom. The van der Waals surface area contributed by atoms with Crippen molar-refractivity contribution >= 4 is 33.7 Å². The molecule has 124 valence electrons. The van der Waals surface area contributed by atoms with E-state index in [4.69, 9.17) is 9.47 Å². The van der Waals surface area contributed by atoms with Gasteiger partial charge in [0.05, 0.1) is 13.2 Å². The van der Waals surface area contributed by atoms with Crippen molar-refractivity contribution < 1.29 is 27.5 Å². The summed E-state index contributed by atoms with van der Waals surface area (Å²) in [6, 6.07) is 0. The SMILES string of the molecule is CCOC(=O)C(C(=O)OCC)=C1NC(C)=C(S(=O)(=O)NC)S1. The maximum Gasteiger partial charge on any atom is 0.348 e. The van der Waals surface area contributed by atoms with Crippen molar-refractivity contribution in [3.05, 3.63) is 20.5 Å². The second-order valence-electron chi connectivity index (χ2n) is 3.99. The zero-order valence-corrected chi connectivity index (χ0v) is 14.3. The molecule has 0 bridgehead atoms. The molecule has 0 saturated carbocycles. The second kappa shape index (κ2) is 7.65. The van der Waals surface area contributed by atoms with E-state index in [1.165, 1.54) is 14.0 Å². The van der Waals surface area contributed by atoms with Crippen molar-refractivity contribution in [2.24, 2.45) is 0 Å². The normalized spacial score (nSPS) is 14.6. The van der Waals surface area contributed by atoms with Gasteiger partial charge in [0.2, 0.25) is 10.0 Å². The summed E-state index contributed by atoms with van der Waals surface area (Å²) in [5.41, 5.74) is -0.0465. The third-order valence-corrected chi connectivity index (χ3v) is 5.74. The van der Waals surface area contributed by atoms with Crippen LogP contribution in [-0.2, 0) is 29.1 Å². The molecule has 0 saturated heterocycles. The summed E-state index contributed by atoms with van der Waals surface area (Å²) >= 11 is 0.763. The Morgan fingerprint density at radius 1 is 1.18 bits per heavy atom. The molecule has 22 heavy (non-hydrogen) atoms. The summed E-state index contributed by atoms with van der Waals surface area (Å²) in [5.74, 6) is -1.74. The first kappa shape index (κ1) is 18.5. The highest BCUT2D eigenvalue weighted by atomic mass is 32.3. The van der Waals surface area contributed by atoms with Crippen molar-refractivity contribution in [1.29, 1.82) is 0 Å². The summed E-state index contributed by atoms with van der Waals surface area (Å²) in [5, 5.41) is 2.80. The van der Waals surface area contributed by atoms with Crippen LogP contribution in [0.4, 0.5) is 0 Å². The van der Waals surface area contributed by atoms with E-state index in [1.54, 1.807) is 13.8 Å². The molecule has 0 amide bonds. The summed E-state index contributed by atoms with van der Waals surface area (Å²) in [6.07, 6.45) is 0. The number of sulfonamides is 1. The van der Waals surface area contributed by atoms with Crippen LogP contribution < -0.4 is 10.0 Å². The largest absolute Gasteiger partial charge is 0.462 e. The number of allylic oxidation sites excluding steroid dienone is 1. The van der Waals surface area contributed by atoms with E-state index in [9.17, 15) is 18.0 Å². The summed E-state index contributed by atoms with van der Waals surface area (Å²) < 4.78 is 35.6. The lowest BCUT2D eigenvalue weighted by Crippen LogP contribution is -2.22. The standard InChI is InChI=1S/C12H18N2O6S2/c1-5-19-10(15)8(11(16)20-6-2)9-14-7(3)12(21-9)22(17,18)13-4/h13-14H,5-6H2,1-4H3. The zero-order chi connectivity index (χ0) is 16.9. The summed E-state index contributed by atoms with van der Waals surface area (Å²) in [4.78, 5) is 23.9. The first-order valence-corrected chi connectivity index (χ1v) is 8.76. The van der Waals surface area contributed by atoms with Gasteiger partial charge in [0.25, 0.3) is 0 Å². The Hall–Kier alpha value is -1.52. The van der Waals surface area contributed by atoms with Gasteiger partial charge in [-0.1, -0.05) is 11.8 Å². The lowest BCUT2D eigenvalue weighted by Gasteiger charge is -2.09. The van der Waals surface area contributed by atoms with Crippen LogP contribution in [0.5, 0.6) is 0 Å². The number of ether oxygens (including phenoxy) is 2. The number of esters is 2. The molecule has 2 N–H and O–H groups in total. The number of hydrogen-bond acceptors (Lipinski definition) is 8. The van der Waals surface area contributed by atoms with Crippen LogP contribution in [0, 0.1) is 0 Å². The molecule has 0 aromatic carbocycles. The predicted molar refractivity (Wildman–Crippen MR) is 81.7 cm³/mol. The quantitative estimate of drug-likeness (QED) is 0.306. The van der Waals surface area contributed by atoms with E-state index in [-0.39, 0.29) is 28.1 Å². The van der Waals surface area contributed by atoms with Gasteiger partial charge in [0.1, 0.15) is 9.27 Å². The van der Waals surface area contributed by atoms with Gasteiger partial charge < -0.3 is 14.8 Å². The van der Waals surface area contributed by atoms with Gasteiger partial charge in [-0.25, -0.2) is 22.7 Å². The monoisotopic (exact) mass is 350 g/mol. The maximum atomic E-state index is 12.0. The van der Waals surface area contributed by atoms with Gasteiger partial charge in [-0.15, -0.1) is 0 Å². The van der Waals surface area contributed by atoms with Crippen LogP contribution in [0.3, 0.4) is 0 Å². The fourth-order valence-corrected chi connectivity index (χ4v) is 3.99. The minimum Gasteiger partial charge on any atom is -0.462 e. The van der Waals surface area contributed by atoms with Gasteiger partial charge in [-0.2, -0.15) is 0 Å². The molecule has 0 aromatic rings. The molecule has 0 aliphatic carbocycles. The fraction of sp³-hybridized carbons (Fsp3) is 0.500. The Morgan fingerprint density at radius 2 is 1.68 bits per heavy atom. The molecule has 1 aliphatic heterocycles. The van der Waals surface area contributed by atoms with Gasteiger partial charge in [-0.3, -0.25) is 0 Å². The average molecular weight is 350 g/mol.